The van der Waals surface area contributed by atoms with Crippen LogP contribution < -0.4 is 10.1 Å². The molecular weight excluding hydrogens is 387 g/mol. The lowest BCUT2D eigenvalue weighted by molar-refractivity contribution is -0.384. The number of nitro groups is 1. The molecule has 0 spiro atoms. The van der Waals surface area contributed by atoms with E-state index in [1.807, 2.05) is 0 Å². The van der Waals surface area contributed by atoms with Gasteiger partial charge >= 0.3 is 5.97 Å². The minimum Gasteiger partial charge on any atom is -0.495 e. The Kier molecular flexibility index (Phi) is 6.37. The van der Waals surface area contributed by atoms with E-state index in [0.717, 1.165) is 6.07 Å². The second-order valence-electron chi connectivity index (χ2n) is 4.89. The Morgan fingerprint density at radius 2 is 1.92 bits per heavy atom. The first-order valence-corrected chi connectivity index (χ1v) is 7.82. The van der Waals surface area contributed by atoms with Crippen LogP contribution >= 0.6 is 23.2 Å². The van der Waals surface area contributed by atoms with Gasteiger partial charge in [0.15, 0.2) is 6.61 Å². The van der Waals surface area contributed by atoms with Gasteiger partial charge in [0.05, 0.1) is 23.3 Å². The predicted molar refractivity (Wildman–Crippen MR) is 95.0 cm³/mol. The molecule has 0 atom stereocenters. The SMILES string of the molecule is COc1ccc(Cl)cc1NC(=O)COC(=O)c1ccc(Cl)c([N+](=O)[O-])c1. The van der Waals surface area contributed by atoms with Gasteiger partial charge in [-0.05, 0) is 30.3 Å². The molecule has 0 saturated heterocycles. The van der Waals surface area contributed by atoms with E-state index in [4.69, 9.17) is 32.7 Å². The maximum atomic E-state index is 12.0. The predicted octanol–water partition coefficient (Wildman–Crippen LogP) is 3.71. The second kappa shape index (κ2) is 8.50. The van der Waals surface area contributed by atoms with Crippen LogP contribution in [-0.4, -0.2) is 30.5 Å². The van der Waals surface area contributed by atoms with E-state index in [1.54, 1.807) is 12.1 Å². The summed E-state index contributed by atoms with van der Waals surface area (Å²) in [6, 6.07) is 8.06. The third-order valence-electron chi connectivity index (χ3n) is 3.15. The van der Waals surface area contributed by atoms with E-state index in [-0.39, 0.29) is 10.6 Å². The van der Waals surface area contributed by atoms with Gasteiger partial charge in [-0.25, -0.2) is 4.79 Å². The number of carbonyl (C=O) groups excluding carboxylic acids is 2. The third kappa shape index (κ3) is 4.84. The summed E-state index contributed by atoms with van der Waals surface area (Å²) in [5.41, 5.74) is -0.230. The quantitative estimate of drug-likeness (QED) is 0.451. The van der Waals surface area contributed by atoms with Gasteiger partial charge in [0.2, 0.25) is 0 Å². The number of nitro benzene ring substituents is 1. The van der Waals surface area contributed by atoms with Gasteiger partial charge in [-0.3, -0.25) is 14.9 Å². The lowest BCUT2D eigenvalue weighted by atomic mass is 10.2. The topological polar surface area (TPSA) is 108 Å². The average molecular weight is 399 g/mol. The fourth-order valence-corrected chi connectivity index (χ4v) is 2.32. The highest BCUT2D eigenvalue weighted by molar-refractivity contribution is 6.32. The summed E-state index contributed by atoms with van der Waals surface area (Å²) < 4.78 is 9.94. The van der Waals surface area contributed by atoms with Crippen LogP contribution in [0.2, 0.25) is 10.0 Å². The minimum absolute atomic E-state index is 0.103. The zero-order chi connectivity index (χ0) is 19.3. The number of amides is 1. The van der Waals surface area contributed by atoms with Crippen molar-refractivity contribution >= 4 is 46.5 Å². The Hall–Kier alpha value is -2.84. The number of esters is 1. The molecule has 0 saturated carbocycles. The van der Waals surface area contributed by atoms with E-state index < -0.39 is 29.1 Å². The number of benzene rings is 2. The highest BCUT2D eigenvalue weighted by Crippen LogP contribution is 2.28. The van der Waals surface area contributed by atoms with Gasteiger partial charge in [0.1, 0.15) is 10.8 Å². The highest BCUT2D eigenvalue weighted by atomic mass is 35.5. The van der Waals surface area contributed by atoms with Crippen molar-refractivity contribution in [2.24, 2.45) is 0 Å². The average Bonchev–Trinajstić information content (AvgIpc) is 2.60. The van der Waals surface area contributed by atoms with Crippen molar-refractivity contribution in [1.29, 1.82) is 0 Å². The van der Waals surface area contributed by atoms with E-state index in [1.165, 1.54) is 25.3 Å². The zero-order valence-electron chi connectivity index (χ0n) is 13.3. The first-order valence-electron chi connectivity index (χ1n) is 7.06. The molecular formula is C16H12Cl2N2O6. The van der Waals surface area contributed by atoms with Crippen molar-refractivity contribution in [2.45, 2.75) is 0 Å². The molecule has 0 aromatic heterocycles. The summed E-state index contributed by atoms with van der Waals surface area (Å²) in [5.74, 6) is -1.16. The number of carbonyl (C=O) groups is 2. The Bertz CT molecular complexity index is 872. The van der Waals surface area contributed by atoms with Crippen LogP contribution in [0.5, 0.6) is 5.75 Å². The van der Waals surface area contributed by atoms with Gasteiger partial charge in [0.25, 0.3) is 11.6 Å². The van der Waals surface area contributed by atoms with Crippen LogP contribution in [0.3, 0.4) is 0 Å². The number of rotatable bonds is 6. The first kappa shape index (κ1) is 19.5. The van der Waals surface area contributed by atoms with Crippen molar-refractivity contribution in [1.82, 2.24) is 0 Å². The molecule has 10 heteroatoms. The molecule has 26 heavy (non-hydrogen) atoms. The maximum Gasteiger partial charge on any atom is 0.338 e. The van der Waals surface area contributed by atoms with Crippen LogP contribution in [0.1, 0.15) is 10.4 Å². The number of anilines is 1. The Labute approximate surface area is 157 Å². The number of methoxy groups -OCH3 is 1. The molecule has 0 heterocycles. The first-order chi connectivity index (χ1) is 12.3. The number of ether oxygens (including phenoxy) is 2. The van der Waals surface area contributed by atoms with Crippen LogP contribution in [0.15, 0.2) is 36.4 Å². The van der Waals surface area contributed by atoms with E-state index in [0.29, 0.717) is 16.5 Å². The molecule has 0 fully saturated rings. The molecule has 0 radical (unpaired) electrons. The van der Waals surface area contributed by atoms with Crippen molar-refractivity contribution < 1.29 is 24.0 Å². The summed E-state index contributed by atoms with van der Waals surface area (Å²) in [4.78, 5) is 34.0. The van der Waals surface area contributed by atoms with Crippen LogP contribution in [0.4, 0.5) is 11.4 Å². The normalized spacial score (nSPS) is 10.1. The number of nitrogens with one attached hydrogen (secondary N) is 1. The van der Waals surface area contributed by atoms with Gasteiger partial charge in [-0.2, -0.15) is 0 Å². The summed E-state index contributed by atoms with van der Waals surface area (Å²) in [5, 5.41) is 13.6. The molecule has 2 aromatic rings. The van der Waals surface area contributed by atoms with Crippen LogP contribution in [-0.2, 0) is 9.53 Å². The fourth-order valence-electron chi connectivity index (χ4n) is 1.96. The molecule has 1 N–H and O–H groups in total. The van der Waals surface area contributed by atoms with Crippen molar-refractivity contribution in [3.05, 3.63) is 62.1 Å². The van der Waals surface area contributed by atoms with Crippen molar-refractivity contribution in [3.8, 4) is 5.75 Å². The monoisotopic (exact) mass is 398 g/mol. The van der Waals surface area contributed by atoms with Crippen LogP contribution in [0.25, 0.3) is 0 Å². The molecule has 0 aliphatic rings. The Morgan fingerprint density at radius 1 is 1.19 bits per heavy atom. The summed E-state index contributed by atoms with van der Waals surface area (Å²) in [7, 11) is 1.42. The van der Waals surface area contributed by atoms with Gasteiger partial charge < -0.3 is 14.8 Å². The molecule has 0 unspecified atom stereocenters. The Balaban J connectivity index is 2.01. The molecule has 8 nitrogen and oxygen atoms in total. The maximum absolute atomic E-state index is 12.0. The molecule has 2 aromatic carbocycles. The van der Waals surface area contributed by atoms with E-state index in [2.05, 4.69) is 5.32 Å². The molecule has 0 aliphatic carbocycles. The second-order valence-corrected chi connectivity index (χ2v) is 5.74. The molecule has 2 rings (SSSR count). The fraction of sp³-hybridized carbons (Fsp3) is 0.125. The third-order valence-corrected chi connectivity index (χ3v) is 3.70. The number of nitrogens with zero attached hydrogens (tertiary/aromatic N) is 1. The largest absolute Gasteiger partial charge is 0.495 e. The molecule has 1 amide bonds. The molecule has 136 valence electrons. The number of hydrogen-bond acceptors (Lipinski definition) is 6. The molecule has 0 bridgehead atoms. The van der Waals surface area contributed by atoms with Gasteiger partial charge in [-0.15, -0.1) is 0 Å². The van der Waals surface area contributed by atoms with Gasteiger partial charge in [0, 0.05) is 11.1 Å². The Morgan fingerprint density at radius 3 is 2.58 bits per heavy atom. The van der Waals surface area contributed by atoms with Crippen molar-refractivity contribution in [2.75, 3.05) is 19.0 Å². The summed E-state index contributed by atoms with van der Waals surface area (Å²) in [6.07, 6.45) is 0. The van der Waals surface area contributed by atoms with Gasteiger partial charge in [-0.1, -0.05) is 23.2 Å². The number of halogens is 2. The highest BCUT2D eigenvalue weighted by Gasteiger charge is 2.18. The smallest absolute Gasteiger partial charge is 0.338 e. The summed E-state index contributed by atoms with van der Waals surface area (Å²) in [6.45, 7) is -0.606. The minimum atomic E-state index is -0.905. The standard InChI is InChI=1S/C16H12Cl2N2O6/c1-25-14-5-3-10(17)7-12(14)19-15(21)8-26-16(22)9-2-4-11(18)13(6-9)20(23)24/h2-7H,8H2,1H3,(H,19,21). The number of hydrogen-bond donors (Lipinski definition) is 1. The zero-order valence-corrected chi connectivity index (χ0v) is 14.8. The van der Waals surface area contributed by atoms with Crippen molar-refractivity contribution in [3.63, 3.8) is 0 Å². The van der Waals surface area contributed by atoms with Crippen LogP contribution in [0, 0.1) is 10.1 Å². The lowest BCUT2D eigenvalue weighted by Crippen LogP contribution is -2.21. The van der Waals surface area contributed by atoms with E-state index in [9.17, 15) is 19.7 Å². The summed E-state index contributed by atoms with van der Waals surface area (Å²) >= 11 is 11.5. The van der Waals surface area contributed by atoms with E-state index >= 15 is 0 Å². The molecule has 0 aliphatic heterocycles. The lowest BCUT2D eigenvalue weighted by Gasteiger charge is -2.11.